The lowest BCUT2D eigenvalue weighted by molar-refractivity contribution is 0.451. The van der Waals surface area contributed by atoms with E-state index in [1.165, 1.54) is 19.9 Å². The van der Waals surface area contributed by atoms with Crippen LogP contribution in [0, 0.1) is 11.6 Å². The third-order valence-electron chi connectivity index (χ3n) is 1.79. The van der Waals surface area contributed by atoms with Crippen LogP contribution in [-0.4, -0.2) is 11.1 Å². The number of aliphatic imine (C=N–C) groups is 1. The lowest BCUT2D eigenvalue weighted by atomic mass is 9.95. The van der Waals surface area contributed by atoms with Crippen molar-refractivity contribution in [3.8, 4) is 0 Å². The lowest BCUT2D eigenvalue weighted by Gasteiger charge is -2.18. The molecule has 14 heavy (non-hydrogen) atoms. The molecule has 0 atom stereocenters. The van der Waals surface area contributed by atoms with Crippen LogP contribution in [-0.2, 0) is 10.3 Å². The Balaban J connectivity index is 3.37. The highest BCUT2D eigenvalue weighted by molar-refractivity contribution is 5.37. The molecule has 1 heterocycles. The molecule has 0 aliphatic heterocycles. The van der Waals surface area contributed by atoms with Crippen molar-refractivity contribution >= 4 is 6.08 Å². The molecular formula is C9H8F2N2O. The molecule has 0 radical (unpaired) electrons. The van der Waals surface area contributed by atoms with Gasteiger partial charge in [-0.3, -0.25) is 4.98 Å². The Labute approximate surface area is 79.5 Å². The quantitative estimate of drug-likeness (QED) is 0.538. The second-order valence-electron chi connectivity index (χ2n) is 3.24. The van der Waals surface area contributed by atoms with Gasteiger partial charge < -0.3 is 0 Å². The van der Waals surface area contributed by atoms with E-state index in [1.807, 2.05) is 0 Å². The summed E-state index contributed by atoms with van der Waals surface area (Å²) >= 11 is 0. The van der Waals surface area contributed by atoms with Crippen molar-refractivity contribution in [3.63, 3.8) is 0 Å². The summed E-state index contributed by atoms with van der Waals surface area (Å²) in [6.07, 6.45) is 3.03. The highest BCUT2D eigenvalue weighted by Gasteiger charge is 2.27. The molecule has 5 heteroatoms. The fourth-order valence-corrected chi connectivity index (χ4v) is 1.17. The van der Waals surface area contributed by atoms with Crippen molar-refractivity contribution in [3.05, 3.63) is 29.6 Å². The van der Waals surface area contributed by atoms with Gasteiger partial charge in [0.1, 0.15) is 11.6 Å². The molecular weight excluding hydrogens is 190 g/mol. The molecule has 0 aromatic carbocycles. The number of hydrogen-bond donors (Lipinski definition) is 0. The number of halogens is 2. The van der Waals surface area contributed by atoms with Gasteiger partial charge in [0, 0.05) is 0 Å². The molecule has 3 nitrogen and oxygen atoms in total. The number of nitrogens with zero attached hydrogens (tertiary/aromatic N) is 2. The van der Waals surface area contributed by atoms with Crippen LogP contribution in [0.2, 0.25) is 0 Å². The Morgan fingerprint density at radius 3 is 2.29 bits per heavy atom. The Kier molecular flexibility index (Phi) is 2.72. The minimum Gasteiger partial charge on any atom is -0.259 e. The van der Waals surface area contributed by atoms with Crippen LogP contribution in [0.5, 0.6) is 0 Å². The number of hydrogen-bond acceptors (Lipinski definition) is 3. The van der Waals surface area contributed by atoms with Gasteiger partial charge in [-0.1, -0.05) is 0 Å². The van der Waals surface area contributed by atoms with Gasteiger partial charge in [-0.25, -0.2) is 13.6 Å². The average molecular weight is 198 g/mol. The minimum atomic E-state index is -1.27. The third-order valence-corrected chi connectivity index (χ3v) is 1.79. The largest absolute Gasteiger partial charge is 0.259 e. The third kappa shape index (κ3) is 1.83. The van der Waals surface area contributed by atoms with E-state index in [4.69, 9.17) is 0 Å². The normalized spacial score (nSPS) is 10.9. The Morgan fingerprint density at radius 1 is 1.36 bits per heavy atom. The number of rotatable bonds is 2. The summed E-state index contributed by atoms with van der Waals surface area (Å²) in [6, 6.07) is 0. The number of aromatic nitrogens is 1. The Hall–Kier alpha value is -1.61. The fraction of sp³-hybridized carbons (Fsp3) is 0.333. The Morgan fingerprint density at radius 2 is 1.86 bits per heavy atom. The van der Waals surface area contributed by atoms with Crippen LogP contribution in [0.25, 0.3) is 0 Å². The first-order valence-electron chi connectivity index (χ1n) is 3.87. The number of carbonyl (C=O) groups excluding carboxylic acids is 1. The minimum absolute atomic E-state index is 0.282. The second-order valence-corrected chi connectivity index (χ2v) is 3.24. The molecule has 0 amide bonds. The summed E-state index contributed by atoms with van der Waals surface area (Å²) in [4.78, 5) is 16.7. The van der Waals surface area contributed by atoms with E-state index >= 15 is 0 Å². The molecule has 0 aliphatic rings. The molecule has 0 unspecified atom stereocenters. The first-order chi connectivity index (χ1) is 6.49. The molecule has 0 saturated carbocycles. The van der Waals surface area contributed by atoms with Gasteiger partial charge in [-0.15, -0.1) is 0 Å². The molecule has 1 aromatic rings. The van der Waals surface area contributed by atoms with E-state index in [1.54, 1.807) is 0 Å². The molecule has 0 spiro atoms. The van der Waals surface area contributed by atoms with Crippen molar-refractivity contribution in [2.75, 3.05) is 0 Å². The van der Waals surface area contributed by atoms with Crippen molar-refractivity contribution in [1.29, 1.82) is 0 Å². The van der Waals surface area contributed by atoms with Crippen molar-refractivity contribution in [2.45, 2.75) is 19.4 Å². The van der Waals surface area contributed by atoms with E-state index in [-0.39, 0.29) is 5.56 Å². The summed E-state index contributed by atoms with van der Waals surface area (Å²) in [5.41, 5.74) is -1.55. The molecule has 74 valence electrons. The monoisotopic (exact) mass is 198 g/mol. The van der Waals surface area contributed by atoms with Gasteiger partial charge in [-0.05, 0) is 13.8 Å². The van der Waals surface area contributed by atoms with Gasteiger partial charge in [0.2, 0.25) is 6.08 Å². The van der Waals surface area contributed by atoms with Crippen LogP contribution in [0.3, 0.4) is 0 Å². The van der Waals surface area contributed by atoms with Crippen molar-refractivity contribution in [1.82, 2.24) is 4.98 Å². The maximum Gasteiger partial charge on any atom is 0.235 e. The molecule has 1 rings (SSSR count). The second kappa shape index (κ2) is 3.64. The zero-order valence-electron chi connectivity index (χ0n) is 7.71. The van der Waals surface area contributed by atoms with Crippen molar-refractivity contribution in [2.24, 2.45) is 4.99 Å². The predicted octanol–water partition coefficient (Wildman–Crippen LogP) is 1.93. The van der Waals surface area contributed by atoms with Gasteiger partial charge in [0.15, 0.2) is 0 Å². The summed E-state index contributed by atoms with van der Waals surface area (Å²) in [6.45, 7) is 2.83. The van der Waals surface area contributed by atoms with Crippen LogP contribution in [0.4, 0.5) is 8.78 Å². The van der Waals surface area contributed by atoms with Gasteiger partial charge in [0.05, 0.1) is 23.5 Å². The van der Waals surface area contributed by atoms with E-state index in [9.17, 15) is 13.6 Å². The van der Waals surface area contributed by atoms with Crippen LogP contribution in [0.1, 0.15) is 19.4 Å². The topological polar surface area (TPSA) is 42.3 Å². The van der Waals surface area contributed by atoms with Crippen LogP contribution >= 0.6 is 0 Å². The van der Waals surface area contributed by atoms with Crippen LogP contribution in [0.15, 0.2) is 17.4 Å². The summed E-state index contributed by atoms with van der Waals surface area (Å²) in [5, 5.41) is 0. The van der Waals surface area contributed by atoms with E-state index in [0.717, 1.165) is 12.4 Å². The van der Waals surface area contributed by atoms with Gasteiger partial charge in [-0.2, -0.15) is 4.99 Å². The summed E-state index contributed by atoms with van der Waals surface area (Å²) < 4.78 is 26.4. The maximum absolute atomic E-state index is 13.2. The average Bonchev–Trinajstić information content (AvgIpc) is 2.02. The van der Waals surface area contributed by atoms with Gasteiger partial charge >= 0.3 is 0 Å². The fourth-order valence-electron chi connectivity index (χ4n) is 1.17. The molecule has 0 fully saturated rings. The first kappa shape index (κ1) is 10.5. The summed E-state index contributed by atoms with van der Waals surface area (Å²) in [7, 11) is 0. The SMILES string of the molecule is CC(C)(N=C=O)c1c(F)cncc1F. The highest BCUT2D eigenvalue weighted by Crippen LogP contribution is 2.28. The molecule has 0 saturated heterocycles. The zero-order valence-corrected chi connectivity index (χ0v) is 7.71. The first-order valence-corrected chi connectivity index (χ1v) is 3.87. The maximum atomic E-state index is 13.2. The smallest absolute Gasteiger partial charge is 0.235 e. The van der Waals surface area contributed by atoms with Crippen molar-refractivity contribution < 1.29 is 13.6 Å². The standard InChI is InChI=1S/C9H8F2N2O/c1-9(2,13-5-14)8-6(10)3-12-4-7(8)11/h3-4H,1-2H3. The number of pyridine rings is 1. The number of isocyanates is 1. The lowest BCUT2D eigenvalue weighted by Crippen LogP contribution is -2.18. The van der Waals surface area contributed by atoms with E-state index in [2.05, 4.69) is 9.98 Å². The summed E-state index contributed by atoms with van der Waals surface area (Å²) in [5.74, 6) is -1.65. The molecule has 0 N–H and O–H groups in total. The molecule has 0 aliphatic carbocycles. The Bertz CT molecular complexity index is 378. The zero-order chi connectivity index (χ0) is 10.8. The van der Waals surface area contributed by atoms with Crippen LogP contribution < -0.4 is 0 Å². The predicted molar refractivity (Wildman–Crippen MR) is 45.3 cm³/mol. The highest BCUT2D eigenvalue weighted by atomic mass is 19.1. The molecule has 0 bridgehead atoms. The van der Waals surface area contributed by atoms with E-state index in [0.29, 0.717) is 0 Å². The van der Waals surface area contributed by atoms with Gasteiger partial charge in [0.25, 0.3) is 0 Å². The van der Waals surface area contributed by atoms with E-state index < -0.39 is 17.2 Å². The molecule has 1 aromatic heterocycles.